The average Bonchev–Trinajstić information content (AvgIpc) is 3.75. The van der Waals surface area contributed by atoms with Crippen molar-refractivity contribution in [2.75, 3.05) is 34.5 Å². The monoisotopic (exact) mass is 676 g/mol. The van der Waals surface area contributed by atoms with Crippen molar-refractivity contribution >= 4 is 70.1 Å². The zero-order valence-electron chi connectivity index (χ0n) is 24.9. The number of hydrogen-bond acceptors (Lipinski definition) is 7. The van der Waals surface area contributed by atoms with Crippen LogP contribution in [-0.4, -0.2) is 81.7 Å². The fraction of sp³-hybridized carbons (Fsp3) is 0.500. The first-order chi connectivity index (χ1) is 21.6. The van der Waals surface area contributed by atoms with E-state index < -0.39 is 23.9 Å². The third kappa shape index (κ3) is 8.44. The molecule has 10 nitrogen and oxygen atoms in total. The molecule has 5 rings (SSSR count). The molecule has 45 heavy (non-hydrogen) atoms. The second kappa shape index (κ2) is 15.1. The highest BCUT2D eigenvalue weighted by atomic mass is 35.5. The van der Waals surface area contributed by atoms with E-state index in [-0.39, 0.29) is 31.2 Å². The van der Waals surface area contributed by atoms with Gasteiger partial charge in [-0.2, -0.15) is 0 Å². The predicted octanol–water partition coefficient (Wildman–Crippen LogP) is 5.03. The number of benzene rings is 2. The third-order valence-electron chi connectivity index (χ3n) is 8.53. The van der Waals surface area contributed by atoms with Crippen LogP contribution in [0.2, 0.25) is 10.0 Å². The maximum Gasteiger partial charge on any atom is 0.326 e. The Labute approximate surface area is 277 Å². The van der Waals surface area contributed by atoms with Gasteiger partial charge in [-0.05, 0) is 73.9 Å². The largest absolute Gasteiger partial charge is 0.481 e. The Morgan fingerprint density at radius 3 is 2.38 bits per heavy atom. The number of para-hydroxylation sites is 2. The number of amides is 2. The van der Waals surface area contributed by atoms with Gasteiger partial charge in [0.25, 0.3) is 0 Å². The molecule has 0 unspecified atom stereocenters. The fourth-order valence-electron chi connectivity index (χ4n) is 5.97. The minimum atomic E-state index is -1.26. The molecule has 2 fully saturated rings. The number of thioether (sulfide) groups is 1. The molecule has 0 bridgehead atoms. The summed E-state index contributed by atoms with van der Waals surface area (Å²) >= 11 is 15.1. The summed E-state index contributed by atoms with van der Waals surface area (Å²) in [4.78, 5) is 54.7. The topological polar surface area (TPSA) is 130 Å². The highest BCUT2D eigenvalue weighted by Gasteiger charge is 2.40. The first-order valence-electron chi connectivity index (χ1n) is 15.3. The van der Waals surface area contributed by atoms with E-state index in [9.17, 15) is 24.3 Å². The maximum absolute atomic E-state index is 13.9. The molecule has 0 radical (unpaired) electrons. The van der Waals surface area contributed by atoms with Crippen LogP contribution in [0, 0.1) is 0 Å². The molecule has 2 aliphatic heterocycles. The molecule has 3 aliphatic rings. The highest BCUT2D eigenvalue weighted by molar-refractivity contribution is 7.99. The van der Waals surface area contributed by atoms with Gasteiger partial charge in [0, 0.05) is 60.2 Å². The molecule has 13 heteroatoms. The molecule has 2 aromatic rings. The summed E-state index contributed by atoms with van der Waals surface area (Å²) in [6, 6.07) is 11.0. The molecular formula is C32H38Cl2N4O6S. The van der Waals surface area contributed by atoms with E-state index in [0.29, 0.717) is 54.2 Å². The lowest BCUT2D eigenvalue weighted by Crippen LogP contribution is -2.52. The maximum atomic E-state index is 13.9. The van der Waals surface area contributed by atoms with Crippen LogP contribution in [0.15, 0.2) is 36.4 Å². The second-order valence-corrected chi connectivity index (χ2v) is 13.6. The Morgan fingerprint density at radius 2 is 1.67 bits per heavy atom. The van der Waals surface area contributed by atoms with Gasteiger partial charge < -0.3 is 25.3 Å². The Morgan fingerprint density at radius 1 is 0.956 bits per heavy atom. The fourth-order valence-corrected chi connectivity index (χ4v) is 7.69. The first kappa shape index (κ1) is 33.4. The molecule has 1 aliphatic carbocycles. The molecule has 1 saturated heterocycles. The van der Waals surface area contributed by atoms with Gasteiger partial charge in [0.05, 0.1) is 17.4 Å². The van der Waals surface area contributed by atoms with Crippen molar-refractivity contribution in [2.24, 2.45) is 0 Å². The summed E-state index contributed by atoms with van der Waals surface area (Å²) in [7, 11) is 0. The van der Waals surface area contributed by atoms with Crippen LogP contribution in [0.25, 0.3) is 0 Å². The van der Waals surface area contributed by atoms with Gasteiger partial charge in [-0.3, -0.25) is 19.3 Å². The molecule has 0 spiro atoms. The van der Waals surface area contributed by atoms with Crippen LogP contribution in [0.4, 0.5) is 11.4 Å². The standard InChI is InChI=1S/C32H38Cl2N4O6S/c33-23-16-21(24(34)15-20(23)5-1-4-8-29(39)35-25(32(43)44)11-12-30(40)41)17-36-19-45-18-28(36)31(42)38-14-13-37(22-9-10-22)26-6-2-3-7-27(26)38/h2-3,6-7,15-16,22,25,28H,1,4-5,8-14,17-19H2,(H,35,39)(H,40,41)(H,43,44)/t25-,28-/m0/s1. The predicted molar refractivity (Wildman–Crippen MR) is 176 cm³/mol. The number of aliphatic carboxylic acids is 2. The summed E-state index contributed by atoms with van der Waals surface area (Å²) in [5, 5.41) is 21.5. The molecule has 1 saturated carbocycles. The smallest absolute Gasteiger partial charge is 0.326 e. The number of carbonyl (C=O) groups is 4. The van der Waals surface area contributed by atoms with Crippen molar-refractivity contribution in [2.45, 2.75) is 76.0 Å². The van der Waals surface area contributed by atoms with Crippen LogP contribution in [-0.2, 0) is 32.1 Å². The van der Waals surface area contributed by atoms with Crippen molar-refractivity contribution in [1.82, 2.24) is 10.2 Å². The van der Waals surface area contributed by atoms with E-state index in [2.05, 4.69) is 21.2 Å². The normalized spacial score (nSPS) is 18.8. The number of aryl methyl sites for hydroxylation is 1. The van der Waals surface area contributed by atoms with Crippen molar-refractivity contribution in [3.05, 3.63) is 57.6 Å². The number of carboxylic acids is 2. The highest BCUT2D eigenvalue weighted by Crippen LogP contribution is 2.41. The summed E-state index contributed by atoms with van der Waals surface area (Å²) in [6.07, 6.45) is 3.73. The first-order valence-corrected chi connectivity index (χ1v) is 17.2. The van der Waals surface area contributed by atoms with E-state index in [1.165, 1.54) is 12.8 Å². The summed E-state index contributed by atoms with van der Waals surface area (Å²) < 4.78 is 0. The van der Waals surface area contributed by atoms with Crippen molar-refractivity contribution in [3.8, 4) is 0 Å². The number of hydrogen-bond donors (Lipinski definition) is 3. The molecule has 242 valence electrons. The summed E-state index contributed by atoms with van der Waals surface area (Å²) in [6.45, 7) is 2.02. The molecular weight excluding hydrogens is 639 g/mol. The summed E-state index contributed by atoms with van der Waals surface area (Å²) in [5.41, 5.74) is 3.83. The molecule has 3 N–H and O–H groups in total. The quantitative estimate of drug-likeness (QED) is 0.236. The van der Waals surface area contributed by atoms with Crippen LogP contribution >= 0.6 is 35.0 Å². The number of halogens is 2. The lowest BCUT2D eigenvalue weighted by molar-refractivity contribution is -0.143. The number of fused-ring (bicyclic) bond motifs is 1. The number of nitrogens with zero attached hydrogens (tertiary/aromatic N) is 3. The number of carbonyl (C=O) groups excluding carboxylic acids is 2. The molecule has 2 atom stereocenters. The zero-order chi connectivity index (χ0) is 32.1. The van der Waals surface area contributed by atoms with Gasteiger partial charge in [0.1, 0.15) is 6.04 Å². The van der Waals surface area contributed by atoms with Crippen LogP contribution in [0.3, 0.4) is 0 Å². The van der Waals surface area contributed by atoms with Gasteiger partial charge >= 0.3 is 11.9 Å². The molecule has 2 aromatic carbocycles. The number of unbranched alkanes of at least 4 members (excludes halogenated alkanes) is 1. The Bertz CT molecular complexity index is 1440. The SMILES string of the molecule is O=C(O)CC[C@H](NC(=O)CCCCc1cc(Cl)c(CN2CSC[C@H]2C(=O)N2CCN(C3CC3)c3ccccc32)cc1Cl)C(=O)O. The van der Waals surface area contributed by atoms with Gasteiger partial charge in [0.15, 0.2) is 0 Å². The van der Waals surface area contributed by atoms with E-state index in [4.69, 9.17) is 28.3 Å². The number of rotatable bonds is 14. The lowest BCUT2D eigenvalue weighted by Gasteiger charge is -2.39. The average molecular weight is 678 g/mol. The van der Waals surface area contributed by atoms with Crippen molar-refractivity contribution in [1.29, 1.82) is 0 Å². The lowest BCUT2D eigenvalue weighted by atomic mass is 10.0. The number of anilines is 2. The van der Waals surface area contributed by atoms with Crippen LogP contribution < -0.4 is 15.1 Å². The number of nitrogens with one attached hydrogen (secondary N) is 1. The van der Waals surface area contributed by atoms with Gasteiger partial charge in [0.2, 0.25) is 11.8 Å². The second-order valence-electron chi connectivity index (χ2n) is 11.8. The zero-order valence-corrected chi connectivity index (χ0v) is 27.3. The van der Waals surface area contributed by atoms with Gasteiger partial charge in [-0.15, -0.1) is 11.8 Å². The number of carboxylic acid groups (broad SMARTS) is 2. The Balaban J connectivity index is 1.14. The Hall–Kier alpha value is -2.99. The van der Waals surface area contributed by atoms with Crippen molar-refractivity contribution < 1.29 is 29.4 Å². The van der Waals surface area contributed by atoms with E-state index in [1.807, 2.05) is 35.2 Å². The van der Waals surface area contributed by atoms with E-state index >= 15 is 0 Å². The molecule has 0 aromatic heterocycles. The molecule has 2 amide bonds. The summed E-state index contributed by atoms with van der Waals surface area (Å²) in [5.74, 6) is -1.26. The third-order valence-corrected chi connectivity index (χ3v) is 10.3. The minimum Gasteiger partial charge on any atom is -0.481 e. The van der Waals surface area contributed by atoms with Crippen LogP contribution in [0.5, 0.6) is 0 Å². The van der Waals surface area contributed by atoms with E-state index in [0.717, 1.165) is 34.9 Å². The van der Waals surface area contributed by atoms with Gasteiger partial charge in [-0.25, -0.2) is 4.79 Å². The Kier molecular flexibility index (Phi) is 11.2. The molecule has 2 heterocycles. The van der Waals surface area contributed by atoms with Gasteiger partial charge in [-0.1, -0.05) is 35.3 Å². The minimum absolute atomic E-state index is 0.113. The van der Waals surface area contributed by atoms with Crippen LogP contribution in [0.1, 0.15) is 56.1 Å². The van der Waals surface area contributed by atoms with E-state index in [1.54, 1.807) is 11.8 Å². The van der Waals surface area contributed by atoms with Crippen molar-refractivity contribution in [3.63, 3.8) is 0 Å².